The monoisotopic (exact) mass is 1130 g/mol. The molecule has 0 radical (unpaired) electrons. The molecule has 0 aliphatic carbocycles. The Hall–Kier alpha value is -2.90. The van der Waals surface area contributed by atoms with E-state index in [2.05, 4.69) is 86.8 Å². The number of carbonyl (C=O) groups is 2. The van der Waals surface area contributed by atoms with Crippen LogP contribution in [0.15, 0.2) is 72.9 Å². The summed E-state index contributed by atoms with van der Waals surface area (Å²) in [6.45, 7) is 5.74. The molecule has 1 aliphatic rings. The predicted molar refractivity (Wildman–Crippen MR) is 333 cm³/mol. The van der Waals surface area contributed by atoms with Gasteiger partial charge in [0.25, 0.3) is 0 Å². The SMILES string of the molecule is CCCCC/C=C\C/C=C\C/C=C\CCCCCCCC(O)C(=O)NC(COC1OC(CO)C(O)C(O)C1OC(=O)CCCCCCCCCCCCC/C=C\C/C=C\CCCCC)C(O)/C=C/CCCCCCCCCCCC. The molecule has 0 bridgehead atoms. The van der Waals surface area contributed by atoms with Crippen LogP contribution in [-0.4, -0.2) is 99.6 Å². The van der Waals surface area contributed by atoms with E-state index in [-0.39, 0.29) is 19.4 Å². The number of nitrogens with one attached hydrogen (secondary N) is 1. The smallest absolute Gasteiger partial charge is 0.306 e. The van der Waals surface area contributed by atoms with Crippen molar-refractivity contribution in [1.29, 1.82) is 0 Å². The van der Waals surface area contributed by atoms with E-state index in [0.717, 1.165) is 89.9 Å². The molecule has 80 heavy (non-hydrogen) atoms. The fourth-order valence-corrected chi connectivity index (χ4v) is 10.0. The van der Waals surface area contributed by atoms with Crippen LogP contribution in [0.25, 0.3) is 0 Å². The van der Waals surface area contributed by atoms with Gasteiger partial charge in [-0.2, -0.15) is 0 Å². The molecule has 0 aromatic heterocycles. The average Bonchev–Trinajstić information content (AvgIpc) is 3.45. The van der Waals surface area contributed by atoms with Crippen molar-refractivity contribution in [3.05, 3.63) is 72.9 Å². The van der Waals surface area contributed by atoms with E-state index >= 15 is 0 Å². The molecule has 6 N–H and O–H groups in total. The minimum absolute atomic E-state index is 0.118. The van der Waals surface area contributed by atoms with Crippen molar-refractivity contribution >= 4 is 11.9 Å². The van der Waals surface area contributed by atoms with Gasteiger partial charge in [-0.3, -0.25) is 9.59 Å². The summed E-state index contributed by atoms with van der Waals surface area (Å²) in [7, 11) is 0. The van der Waals surface area contributed by atoms with Gasteiger partial charge < -0.3 is 45.1 Å². The molecule has 0 saturated carbocycles. The van der Waals surface area contributed by atoms with E-state index < -0.39 is 67.4 Å². The first-order chi connectivity index (χ1) is 39.2. The summed E-state index contributed by atoms with van der Waals surface area (Å²) < 4.78 is 17.7. The standard InChI is InChI=1S/C69H123NO10/c1-4-7-10-13-16-19-22-25-27-29-31-32-33-35-37-39-42-45-48-51-54-57-64(74)80-67-66(76)65(75)63(58-71)79-69(67)78-59-60(61(72)55-52-49-46-43-40-24-21-18-15-12-9-6-3)70-68(77)62(73)56-53-50-47-44-41-38-36-34-30-28-26-23-20-17-14-11-8-5-2/h16-17,19-20,25-28,34,36,52,55,60-63,65-67,69,71-73,75-76H,4-15,18,21-24,29-33,35,37-51,53-54,56-59H2,1-3H3,(H,70,77)/b19-16-,20-17-,27-25-,28-26-,36-34-,55-52+. The van der Waals surface area contributed by atoms with Crippen LogP contribution in [0.3, 0.4) is 0 Å². The first-order valence-electron chi connectivity index (χ1n) is 33.2. The molecule has 8 unspecified atom stereocenters. The lowest BCUT2D eigenvalue weighted by Gasteiger charge is -2.41. The molecular formula is C69H123NO10. The Labute approximate surface area is 490 Å². The highest BCUT2D eigenvalue weighted by molar-refractivity contribution is 5.80. The maximum Gasteiger partial charge on any atom is 0.306 e. The number of hydrogen-bond donors (Lipinski definition) is 6. The van der Waals surface area contributed by atoms with Crippen molar-refractivity contribution in [2.24, 2.45) is 0 Å². The summed E-state index contributed by atoms with van der Waals surface area (Å²) in [5.41, 5.74) is 0. The molecule has 1 rings (SSSR count). The van der Waals surface area contributed by atoms with Crippen molar-refractivity contribution < 1.29 is 49.3 Å². The number of hydrogen-bond acceptors (Lipinski definition) is 10. The van der Waals surface area contributed by atoms with Crippen molar-refractivity contribution in [1.82, 2.24) is 5.32 Å². The van der Waals surface area contributed by atoms with Gasteiger partial charge in [0.05, 0.1) is 25.4 Å². The summed E-state index contributed by atoms with van der Waals surface area (Å²) >= 11 is 0. The maximum atomic E-state index is 13.4. The lowest BCUT2D eigenvalue weighted by molar-refractivity contribution is -0.305. The largest absolute Gasteiger partial charge is 0.454 e. The van der Waals surface area contributed by atoms with Crippen LogP contribution in [0.2, 0.25) is 0 Å². The van der Waals surface area contributed by atoms with Crippen LogP contribution in [0.1, 0.15) is 290 Å². The third kappa shape index (κ3) is 43.7. The Balaban J connectivity index is 2.64. The Kier molecular flexibility index (Phi) is 53.1. The second-order valence-corrected chi connectivity index (χ2v) is 22.8. The molecule has 11 heteroatoms. The van der Waals surface area contributed by atoms with Gasteiger partial charge in [-0.05, 0) is 96.3 Å². The van der Waals surface area contributed by atoms with Crippen LogP contribution < -0.4 is 5.32 Å². The summed E-state index contributed by atoms with van der Waals surface area (Å²) in [5.74, 6) is -1.21. The first kappa shape index (κ1) is 75.1. The van der Waals surface area contributed by atoms with Crippen LogP contribution in [0.4, 0.5) is 0 Å². The van der Waals surface area contributed by atoms with Gasteiger partial charge in [0.1, 0.15) is 24.4 Å². The average molecular weight is 1130 g/mol. The fraction of sp³-hybridized carbons (Fsp3) is 0.797. The van der Waals surface area contributed by atoms with Gasteiger partial charge in [-0.15, -0.1) is 0 Å². The number of unbranched alkanes of at least 4 members (excludes halogenated alkanes) is 32. The Morgan fingerprint density at radius 2 is 0.863 bits per heavy atom. The van der Waals surface area contributed by atoms with E-state index in [1.165, 1.54) is 154 Å². The fourth-order valence-electron chi connectivity index (χ4n) is 10.0. The number of carbonyl (C=O) groups excluding carboxylic acids is 2. The molecular weight excluding hydrogens is 1000 g/mol. The van der Waals surface area contributed by atoms with E-state index in [9.17, 15) is 35.1 Å². The third-order valence-electron chi connectivity index (χ3n) is 15.3. The molecule has 8 atom stereocenters. The second kappa shape index (κ2) is 56.6. The molecule has 1 amide bonds. The first-order valence-corrected chi connectivity index (χ1v) is 33.2. The summed E-state index contributed by atoms with van der Waals surface area (Å²) in [6.07, 6.45) is 62.1. The number of ether oxygens (including phenoxy) is 3. The minimum Gasteiger partial charge on any atom is -0.454 e. The third-order valence-corrected chi connectivity index (χ3v) is 15.3. The Bertz CT molecular complexity index is 1580. The minimum atomic E-state index is -1.62. The van der Waals surface area contributed by atoms with Gasteiger partial charge in [0, 0.05) is 6.42 Å². The van der Waals surface area contributed by atoms with Gasteiger partial charge >= 0.3 is 5.97 Å². The maximum absolute atomic E-state index is 13.4. The van der Waals surface area contributed by atoms with Gasteiger partial charge in [0.2, 0.25) is 5.91 Å². The number of esters is 1. The summed E-state index contributed by atoms with van der Waals surface area (Å²) in [5, 5.41) is 57.1. The Morgan fingerprint density at radius 3 is 1.31 bits per heavy atom. The molecule has 0 aromatic carbocycles. The number of rotatable bonds is 56. The number of amides is 1. The van der Waals surface area contributed by atoms with Crippen molar-refractivity contribution in [2.45, 2.75) is 339 Å². The number of aliphatic hydroxyl groups is 5. The Morgan fingerprint density at radius 1 is 0.487 bits per heavy atom. The second-order valence-electron chi connectivity index (χ2n) is 22.8. The molecule has 1 saturated heterocycles. The zero-order valence-electron chi connectivity index (χ0n) is 51.4. The van der Waals surface area contributed by atoms with E-state index in [1.807, 2.05) is 6.08 Å². The normalized spacial score (nSPS) is 19.2. The van der Waals surface area contributed by atoms with Crippen molar-refractivity contribution in [3.8, 4) is 0 Å². The number of allylic oxidation sites excluding steroid dienone is 11. The van der Waals surface area contributed by atoms with Crippen LogP contribution in [-0.2, 0) is 23.8 Å². The van der Waals surface area contributed by atoms with Crippen LogP contribution in [0.5, 0.6) is 0 Å². The van der Waals surface area contributed by atoms with Crippen LogP contribution in [0, 0.1) is 0 Å². The highest BCUT2D eigenvalue weighted by Crippen LogP contribution is 2.26. The van der Waals surface area contributed by atoms with Crippen LogP contribution >= 0.6 is 0 Å². The van der Waals surface area contributed by atoms with Gasteiger partial charge in [-0.25, -0.2) is 0 Å². The molecule has 1 fully saturated rings. The molecule has 11 nitrogen and oxygen atoms in total. The van der Waals surface area contributed by atoms with E-state index in [0.29, 0.717) is 12.8 Å². The molecule has 0 spiro atoms. The van der Waals surface area contributed by atoms with Gasteiger partial charge in [0.15, 0.2) is 12.4 Å². The quantitative estimate of drug-likeness (QED) is 0.0195. The zero-order chi connectivity index (χ0) is 58.2. The van der Waals surface area contributed by atoms with Crippen molar-refractivity contribution in [3.63, 3.8) is 0 Å². The summed E-state index contributed by atoms with van der Waals surface area (Å²) in [6, 6.07) is -1.03. The van der Waals surface area contributed by atoms with E-state index in [4.69, 9.17) is 14.2 Å². The molecule has 0 aromatic rings. The zero-order valence-corrected chi connectivity index (χ0v) is 51.4. The van der Waals surface area contributed by atoms with E-state index in [1.54, 1.807) is 6.08 Å². The molecule has 1 heterocycles. The summed E-state index contributed by atoms with van der Waals surface area (Å²) in [4.78, 5) is 26.6. The molecule has 464 valence electrons. The molecule has 1 aliphatic heterocycles. The topological polar surface area (TPSA) is 175 Å². The number of aliphatic hydroxyl groups excluding tert-OH is 5. The van der Waals surface area contributed by atoms with Crippen molar-refractivity contribution in [2.75, 3.05) is 13.2 Å². The highest BCUT2D eigenvalue weighted by Gasteiger charge is 2.47. The predicted octanol–water partition coefficient (Wildman–Crippen LogP) is 16.3. The lowest BCUT2D eigenvalue weighted by Crippen LogP contribution is -2.61. The van der Waals surface area contributed by atoms with Gasteiger partial charge in [-0.1, -0.05) is 261 Å². The highest BCUT2D eigenvalue weighted by atomic mass is 16.7. The lowest BCUT2D eigenvalue weighted by atomic mass is 9.99.